The van der Waals surface area contributed by atoms with Crippen molar-refractivity contribution in [3.05, 3.63) is 59.4 Å². The molecule has 0 bridgehead atoms. The van der Waals surface area contributed by atoms with Gasteiger partial charge in [-0.15, -0.1) is 0 Å². The van der Waals surface area contributed by atoms with Gasteiger partial charge in [0.25, 0.3) is 5.91 Å². The first-order valence-electron chi connectivity index (χ1n) is 8.21. The Balaban J connectivity index is 1.64. The van der Waals surface area contributed by atoms with Crippen LogP contribution in [-0.2, 0) is 0 Å². The van der Waals surface area contributed by atoms with Crippen LogP contribution >= 0.6 is 0 Å². The summed E-state index contributed by atoms with van der Waals surface area (Å²) in [6.07, 6.45) is 3.11. The van der Waals surface area contributed by atoms with Crippen molar-refractivity contribution in [3.8, 4) is 5.75 Å². The summed E-state index contributed by atoms with van der Waals surface area (Å²) in [5.74, 6) is -0.0278. The van der Waals surface area contributed by atoms with E-state index in [2.05, 4.69) is 17.1 Å². The van der Waals surface area contributed by atoms with Gasteiger partial charge in [0.1, 0.15) is 11.4 Å². The molecular formula is C19H20N2O4. The van der Waals surface area contributed by atoms with Crippen molar-refractivity contribution in [2.45, 2.75) is 18.8 Å². The van der Waals surface area contributed by atoms with Gasteiger partial charge in [0.2, 0.25) is 0 Å². The predicted molar refractivity (Wildman–Crippen MR) is 92.1 cm³/mol. The standard InChI is InChI=1S/C19H20N2O4/c1-25-16-4-2-13(3-5-16)14-7-10-21(11-8-14)18(22)17-12-15(19(23)24)6-9-20-17/h2-6,9,12,14H,7-8,10-11H2,1H3,(H,23,24). The van der Waals surface area contributed by atoms with Crippen molar-refractivity contribution < 1.29 is 19.4 Å². The van der Waals surface area contributed by atoms with E-state index in [0.717, 1.165) is 18.6 Å². The smallest absolute Gasteiger partial charge is 0.335 e. The minimum atomic E-state index is -1.06. The molecule has 0 spiro atoms. The number of ether oxygens (including phenoxy) is 1. The number of methoxy groups -OCH3 is 1. The zero-order valence-electron chi connectivity index (χ0n) is 14.0. The molecule has 0 radical (unpaired) electrons. The molecule has 0 atom stereocenters. The van der Waals surface area contributed by atoms with Crippen LogP contribution in [0, 0.1) is 0 Å². The second kappa shape index (κ2) is 7.34. The Morgan fingerprint density at radius 3 is 2.44 bits per heavy atom. The second-order valence-electron chi connectivity index (χ2n) is 6.07. The first-order chi connectivity index (χ1) is 12.1. The Morgan fingerprint density at radius 1 is 1.16 bits per heavy atom. The van der Waals surface area contributed by atoms with E-state index < -0.39 is 5.97 Å². The highest BCUT2D eigenvalue weighted by Gasteiger charge is 2.25. The number of nitrogens with zero attached hydrogens (tertiary/aromatic N) is 2. The molecule has 1 saturated heterocycles. The minimum absolute atomic E-state index is 0.0754. The average Bonchev–Trinajstić information content (AvgIpc) is 2.67. The third-order valence-corrected chi connectivity index (χ3v) is 4.60. The van der Waals surface area contributed by atoms with Gasteiger partial charge in [-0.25, -0.2) is 4.79 Å². The van der Waals surface area contributed by atoms with E-state index in [-0.39, 0.29) is 17.2 Å². The summed E-state index contributed by atoms with van der Waals surface area (Å²) in [6, 6.07) is 10.8. The van der Waals surface area contributed by atoms with E-state index in [1.54, 1.807) is 12.0 Å². The molecule has 2 heterocycles. The van der Waals surface area contributed by atoms with Crippen molar-refractivity contribution >= 4 is 11.9 Å². The molecule has 1 N–H and O–H groups in total. The Bertz CT molecular complexity index is 765. The van der Waals surface area contributed by atoms with E-state index in [0.29, 0.717) is 19.0 Å². The van der Waals surface area contributed by atoms with Crippen LogP contribution in [0.15, 0.2) is 42.6 Å². The lowest BCUT2D eigenvalue weighted by Crippen LogP contribution is -2.38. The van der Waals surface area contributed by atoms with E-state index in [1.165, 1.54) is 23.9 Å². The molecule has 130 valence electrons. The molecule has 2 aromatic rings. The third kappa shape index (κ3) is 3.79. The van der Waals surface area contributed by atoms with E-state index >= 15 is 0 Å². The number of hydrogen-bond donors (Lipinski definition) is 1. The number of amides is 1. The largest absolute Gasteiger partial charge is 0.497 e. The highest BCUT2D eigenvalue weighted by Crippen LogP contribution is 2.29. The molecule has 6 heteroatoms. The molecule has 1 aromatic heterocycles. The molecule has 3 rings (SSSR count). The normalized spacial score (nSPS) is 15.0. The average molecular weight is 340 g/mol. The van der Waals surface area contributed by atoms with E-state index in [4.69, 9.17) is 9.84 Å². The van der Waals surface area contributed by atoms with Gasteiger partial charge in [-0.3, -0.25) is 9.78 Å². The molecule has 0 saturated carbocycles. The van der Waals surface area contributed by atoms with Crippen LogP contribution in [0.3, 0.4) is 0 Å². The van der Waals surface area contributed by atoms with Crippen LogP contribution in [0.2, 0.25) is 0 Å². The number of carboxylic acids is 1. The zero-order valence-corrected chi connectivity index (χ0v) is 14.0. The summed E-state index contributed by atoms with van der Waals surface area (Å²) in [5.41, 5.74) is 1.51. The molecular weight excluding hydrogens is 320 g/mol. The SMILES string of the molecule is COc1ccc(C2CCN(C(=O)c3cc(C(=O)O)ccn3)CC2)cc1. The fraction of sp³-hybridized carbons (Fsp3) is 0.316. The number of benzene rings is 1. The number of carbonyl (C=O) groups excluding carboxylic acids is 1. The van der Waals surface area contributed by atoms with Gasteiger partial charge in [-0.05, 0) is 48.6 Å². The number of aromatic carboxylic acids is 1. The Kier molecular flexibility index (Phi) is 4.97. The summed E-state index contributed by atoms with van der Waals surface area (Å²) in [4.78, 5) is 29.4. The van der Waals surface area contributed by atoms with Crippen LogP contribution in [0.5, 0.6) is 5.75 Å². The topological polar surface area (TPSA) is 79.7 Å². The number of carbonyl (C=O) groups is 2. The number of piperidine rings is 1. The Hall–Kier alpha value is -2.89. The fourth-order valence-electron chi connectivity index (χ4n) is 3.13. The number of rotatable bonds is 4. The predicted octanol–water partition coefficient (Wildman–Crippen LogP) is 2.81. The third-order valence-electron chi connectivity index (χ3n) is 4.60. The van der Waals surface area contributed by atoms with E-state index in [1.807, 2.05) is 12.1 Å². The monoisotopic (exact) mass is 340 g/mol. The summed E-state index contributed by atoms with van der Waals surface area (Å²) < 4.78 is 5.18. The molecule has 25 heavy (non-hydrogen) atoms. The van der Waals surface area contributed by atoms with Crippen molar-refractivity contribution in [1.82, 2.24) is 9.88 Å². The molecule has 0 unspecified atom stereocenters. The molecule has 0 aliphatic carbocycles. The molecule has 1 aliphatic rings. The van der Waals surface area contributed by atoms with Gasteiger partial charge in [-0.1, -0.05) is 12.1 Å². The maximum Gasteiger partial charge on any atom is 0.335 e. The van der Waals surface area contributed by atoms with Gasteiger partial charge in [-0.2, -0.15) is 0 Å². The van der Waals surface area contributed by atoms with Crippen LogP contribution < -0.4 is 4.74 Å². The van der Waals surface area contributed by atoms with Crippen LogP contribution in [-0.4, -0.2) is 47.1 Å². The summed E-state index contributed by atoms with van der Waals surface area (Å²) in [7, 11) is 1.65. The quantitative estimate of drug-likeness (QED) is 0.926. The van der Waals surface area contributed by atoms with Gasteiger partial charge >= 0.3 is 5.97 Å². The molecule has 1 aliphatic heterocycles. The van der Waals surface area contributed by atoms with Gasteiger partial charge in [0, 0.05) is 19.3 Å². The lowest BCUT2D eigenvalue weighted by Gasteiger charge is -2.32. The first-order valence-corrected chi connectivity index (χ1v) is 8.21. The molecule has 1 amide bonds. The second-order valence-corrected chi connectivity index (χ2v) is 6.07. The van der Waals surface area contributed by atoms with Crippen LogP contribution in [0.4, 0.5) is 0 Å². The van der Waals surface area contributed by atoms with Gasteiger partial charge in [0.05, 0.1) is 12.7 Å². The van der Waals surface area contributed by atoms with Crippen LogP contribution in [0.25, 0.3) is 0 Å². The van der Waals surface area contributed by atoms with Gasteiger partial charge in [0.15, 0.2) is 0 Å². The van der Waals surface area contributed by atoms with Crippen molar-refractivity contribution in [3.63, 3.8) is 0 Å². The lowest BCUT2D eigenvalue weighted by atomic mass is 9.89. The number of pyridine rings is 1. The summed E-state index contributed by atoms with van der Waals surface area (Å²) >= 11 is 0. The fourth-order valence-corrected chi connectivity index (χ4v) is 3.13. The van der Waals surface area contributed by atoms with Crippen molar-refractivity contribution in [2.24, 2.45) is 0 Å². The molecule has 6 nitrogen and oxygen atoms in total. The van der Waals surface area contributed by atoms with E-state index in [9.17, 15) is 9.59 Å². The number of hydrogen-bond acceptors (Lipinski definition) is 4. The van der Waals surface area contributed by atoms with Gasteiger partial charge < -0.3 is 14.7 Å². The number of likely N-dealkylation sites (tertiary alicyclic amines) is 1. The maximum atomic E-state index is 12.6. The number of aromatic nitrogens is 1. The maximum absolute atomic E-state index is 12.6. The Morgan fingerprint density at radius 2 is 1.84 bits per heavy atom. The van der Waals surface area contributed by atoms with Crippen LogP contribution in [0.1, 0.15) is 45.2 Å². The molecule has 1 fully saturated rings. The number of carboxylic acid groups (broad SMARTS) is 1. The minimum Gasteiger partial charge on any atom is -0.497 e. The summed E-state index contributed by atoms with van der Waals surface area (Å²) in [5, 5.41) is 9.04. The zero-order chi connectivity index (χ0) is 17.8. The highest BCUT2D eigenvalue weighted by molar-refractivity contribution is 5.95. The lowest BCUT2D eigenvalue weighted by molar-refractivity contribution is 0.0696. The van der Waals surface area contributed by atoms with Crippen molar-refractivity contribution in [1.29, 1.82) is 0 Å². The first kappa shape index (κ1) is 17.0. The Labute approximate surface area is 146 Å². The molecule has 1 aromatic carbocycles. The highest BCUT2D eigenvalue weighted by atomic mass is 16.5. The summed E-state index contributed by atoms with van der Waals surface area (Å²) in [6.45, 7) is 1.27. The van der Waals surface area contributed by atoms with Crippen molar-refractivity contribution in [2.75, 3.05) is 20.2 Å².